The summed E-state index contributed by atoms with van der Waals surface area (Å²) in [6.07, 6.45) is 12.2. The molecule has 1 aromatic carbocycles. The first kappa shape index (κ1) is 23.7. The van der Waals surface area contributed by atoms with Crippen LogP contribution in [0.3, 0.4) is 0 Å². The lowest BCUT2D eigenvalue weighted by Gasteiger charge is -2.28. The maximum Gasteiger partial charge on any atom is 0.205 e. The Labute approximate surface area is 197 Å². The van der Waals surface area contributed by atoms with Gasteiger partial charge in [0.05, 0.1) is 41.7 Å². The molecule has 34 heavy (non-hydrogen) atoms. The van der Waals surface area contributed by atoms with Crippen molar-refractivity contribution in [1.82, 2.24) is 15.0 Å². The number of rotatable bonds is 8. The van der Waals surface area contributed by atoms with Gasteiger partial charge >= 0.3 is 0 Å². The average Bonchev–Trinajstić information content (AvgIpc) is 3.25. The van der Waals surface area contributed by atoms with Gasteiger partial charge < -0.3 is 26.2 Å². The van der Waals surface area contributed by atoms with Crippen LogP contribution in [0.1, 0.15) is 54.0 Å². The predicted molar refractivity (Wildman–Crippen MR) is 128 cm³/mol. The van der Waals surface area contributed by atoms with E-state index < -0.39 is 11.6 Å². The van der Waals surface area contributed by atoms with Crippen molar-refractivity contribution >= 4 is 23.4 Å². The van der Waals surface area contributed by atoms with Crippen molar-refractivity contribution in [2.24, 2.45) is 5.73 Å². The summed E-state index contributed by atoms with van der Waals surface area (Å²) in [7, 11) is 1.45. The summed E-state index contributed by atoms with van der Waals surface area (Å²) in [4.78, 5) is 11.7. The highest BCUT2D eigenvalue weighted by Gasteiger charge is 2.23. The lowest BCUT2D eigenvalue weighted by Crippen LogP contribution is -2.27. The highest BCUT2D eigenvalue weighted by Crippen LogP contribution is 2.36. The molecule has 2 aromatic heterocycles. The molecule has 9 heteroatoms. The number of hydrogen-bond donors (Lipinski definition) is 4. The summed E-state index contributed by atoms with van der Waals surface area (Å²) in [5.41, 5.74) is 8.46. The Bertz CT molecular complexity index is 1170. The molecular formula is C25H28F2N6O. The van der Waals surface area contributed by atoms with Crippen LogP contribution >= 0.6 is 0 Å². The normalized spacial score (nSPS) is 18.4. The third kappa shape index (κ3) is 5.55. The SMILES string of the molecule is COCc1cc(F)c(C(=N)/C=C\c2cnc(Nc3cnccc3[C@@H]3CCC[C@H](N)C3)[nH]2)c(F)c1. The third-order valence-electron chi connectivity index (χ3n) is 5.97. The van der Waals surface area contributed by atoms with Gasteiger partial charge in [0.2, 0.25) is 5.95 Å². The van der Waals surface area contributed by atoms with Crippen molar-refractivity contribution in [2.45, 2.75) is 44.2 Å². The number of nitrogens with one attached hydrogen (secondary N) is 3. The number of aromatic amines is 1. The number of nitrogens with zero attached hydrogens (tertiary/aromatic N) is 2. The number of methoxy groups -OCH3 is 1. The van der Waals surface area contributed by atoms with Gasteiger partial charge in [0.15, 0.2) is 0 Å². The Hall–Kier alpha value is -3.43. The van der Waals surface area contributed by atoms with Gasteiger partial charge in [-0.05, 0) is 66.7 Å². The molecule has 0 spiro atoms. The fourth-order valence-corrected chi connectivity index (χ4v) is 4.38. The predicted octanol–water partition coefficient (Wildman–Crippen LogP) is 5.04. The van der Waals surface area contributed by atoms with E-state index in [1.807, 2.05) is 6.07 Å². The topological polar surface area (TPSA) is 113 Å². The van der Waals surface area contributed by atoms with Crippen LogP contribution in [0.2, 0.25) is 0 Å². The first-order valence-corrected chi connectivity index (χ1v) is 11.2. The van der Waals surface area contributed by atoms with Crippen LogP contribution in [0, 0.1) is 17.0 Å². The van der Waals surface area contributed by atoms with Crippen molar-refractivity contribution in [3.05, 3.63) is 76.9 Å². The largest absolute Gasteiger partial charge is 0.380 e. The first-order chi connectivity index (χ1) is 16.4. The van der Waals surface area contributed by atoms with Crippen LogP contribution in [0.4, 0.5) is 20.4 Å². The Morgan fingerprint density at radius 3 is 2.82 bits per heavy atom. The maximum absolute atomic E-state index is 14.4. The quantitative estimate of drug-likeness (QED) is 0.348. The van der Waals surface area contributed by atoms with E-state index in [1.165, 1.54) is 25.3 Å². The Morgan fingerprint density at radius 1 is 1.29 bits per heavy atom. The van der Waals surface area contributed by atoms with E-state index in [-0.39, 0.29) is 23.9 Å². The second kappa shape index (κ2) is 10.7. The van der Waals surface area contributed by atoms with E-state index in [2.05, 4.69) is 20.3 Å². The molecule has 1 fully saturated rings. The van der Waals surface area contributed by atoms with E-state index in [4.69, 9.17) is 15.9 Å². The second-order valence-electron chi connectivity index (χ2n) is 8.51. The number of pyridine rings is 1. The summed E-state index contributed by atoms with van der Waals surface area (Å²) in [5, 5.41) is 11.4. The zero-order valence-corrected chi connectivity index (χ0v) is 18.9. The summed E-state index contributed by atoms with van der Waals surface area (Å²) in [6, 6.07) is 4.57. The van der Waals surface area contributed by atoms with Crippen LogP contribution < -0.4 is 11.1 Å². The molecule has 0 bridgehead atoms. The van der Waals surface area contributed by atoms with Gasteiger partial charge in [-0.2, -0.15) is 0 Å². The number of halogens is 2. The monoisotopic (exact) mass is 466 g/mol. The molecule has 2 atom stereocenters. The Morgan fingerprint density at radius 2 is 2.09 bits per heavy atom. The van der Waals surface area contributed by atoms with E-state index >= 15 is 0 Å². The van der Waals surface area contributed by atoms with Crippen molar-refractivity contribution in [2.75, 3.05) is 12.4 Å². The molecule has 0 aliphatic heterocycles. The summed E-state index contributed by atoms with van der Waals surface area (Å²) < 4.78 is 33.6. The lowest BCUT2D eigenvalue weighted by molar-refractivity contribution is 0.184. The van der Waals surface area contributed by atoms with E-state index in [1.54, 1.807) is 24.7 Å². The number of imidazole rings is 1. The molecule has 3 aromatic rings. The van der Waals surface area contributed by atoms with Crippen LogP contribution in [-0.2, 0) is 11.3 Å². The Kier molecular flexibility index (Phi) is 7.44. The first-order valence-electron chi connectivity index (χ1n) is 11.2. The standard InChI is InChI=1S/C25H28F2N6O/c1-34-14-15-9-20(26)24(21(27)10-15)22(29)6-5-18-12-31-25(32-18)33-23-13-30-8-7-19(23)16-3-2-4-17(28)11-16/h5-10,12-13,16-17,29H,2-4,11,14,28H2,1H3,(H2,31,32,33)/b6-5-,29-22?/t16-,17+/m1/s1. The number of benzene rings is 1. The molecule has 178 valence electrons. The summed E-state index contributed by atoms with van der Waals surface area (Å²) >= 11 is 0. The van der Waals surface area contributed by atoms with E-state index in [9.17, 15) is 8.78 Å². The Balaban J connectivity index is 1.46. The van der Waals surface area contributed by atoms with Crippen LogP contribution in [0.25, 0.3) is 6.08 Å². The van der Waals surface area contributed by atoms with Gasteiger partial charge in [-0.25, -0.2) is 13.8 Å². The van der Waals surface area contributed by atoms with Gasteiger partial charge in [-0.15, -0.1) is 0 Å². The molecule has 0 saturated heterocycles. The zero-order chi connectivity index (χ0) is 24.1. The fourth-order valence-electron chi connectivity index (χ4n) is 4.38. The average molecular weight is 467 g/mol. The minimum atomic E-state index is -0.805. The molecule has 5 N–H and O–H groups in total. The van der Waals surface area contributed by atoms with Crippen molar-refractivity contribution < 1.29 is 13.5 Å². The van der Waals surface area contributed by atoms with E-state index in [0.717, 1.165) is 36.9 Å². The van der Waals surface area contributed by atoms with Gasteiger partial charge in [0.1, 0.15) is 11.6 Å². The van der Waals surface area contributed by atoms with Crippen molar-refractivity contribution in [1.29, 1.82) is 5.41 Å². The second-order valence-corrected chi connectivity index (χ2v) is 8.51. The molecule has 0 unspecified atom stereocenters. The number of nitrogens with two attached hydrogens (primary N) is 1. The van der Waals surface area contributed by atoms with Crippen molar-refractivity contribution in [3.63, 3.8) is 0 Å². The summed E-state index contributed by atoms with van der Waals surface area (Å²) in [5.74, 6) is -0.744. The van der Waals surface area contributed by atoms with Crippen LogP contribution in [0.15, 0.2) is 42.9 Å². The molecule has 7 nitrogen and oxygen atoms in total. The number of ether oxygens (including phenoxy) is 1. The molecule has 0 radical (unpaired) electrons. The molecule has 1 aliphatic carbocycles. The minimum Gasteiger partial charge on any atom is -0.380 e. The van der Waals surface area contributed by atoms with Gasteiger partial charge in [-0.1, -0.05) is 6.42 Å². The van der Waals surface area contributed by atoms with Gasteiger partial charge in [0, 0.05) is 19.3 Å². The number of aromatic nitrogens is 3. The lowest BCUT2D eigenvalue weighted by atomic mass is 9.81. The smallest absolute Gasteiger partial charge is 0.205 e. The molecule has 4 rings (SSSR count). The number of anilines is 2. The van der Waals surface area contributed by atoms with Crippen LogP contribution in [-0.4, -0.2) is 33.8 Å². The molecule has 1 saturated carbocycles. The maximum atomic E-state index is 14.4. The molecular weight excluding hydrogens is 438 g/mol. The molecule has 0 amide bonds. The number of allylic oxidation sites excluding steroid dienone is 1. The fraction of sp³-hybridized carbons (Fsp3) is 0.320. The third-order valence-corrected chi connectivity index (χ3v) is 5.97. The highest BCUT2D eigenvalue weighted by molar-refractivity contribution is 6.09. The zero-order valence-electron chi connectivity index (χ0n) is 18.9. The molecule has 2 heterocycles. The summed E-state index contributed by atoms with van der Waals surface area (Å²) in [6.45, 7) is 0.0907. The number of H-pyrrole nitrogens is 1. The highest BCUT2D eigenvalue weighted by atomic mass is 19.1. The molecule has 1 aliphatic rings. The van der Waals surface area contributed by atoms with Crippen molar-refractivity contribution in [3.8, 4) is 0 Å². The van der Waals surface area contributed by atoms with Gasteiger partial charge in [-0.3, -0.25) is 4.98 Å². The van der Waals surface area contributed by atoms with Crippen LogP contribution in [0.5, 0.6) is 0 Å². The number of hydrogen-bond acceptors (Lipinski definition) is 6. The minimum absolute atomic E-state index is 0.0907. The van der Waals surface area contributed by atoms with Gasteiger partial charge in [0.25, 0.3) is 0 Å². The van der Waals surface area contributed by atoms with E-state index in [0.29, 0.717) is 23.1 Å².